The molecule has 3 N–H and O–H groups in total. The van der Waals surface area contributed by atoms with Crippen molar-refractivity contribution in [2.75, 3.05) is 12.4 Å². The molecule has 0 amide bonds. The minimum atomic E-state index is -0.809. The van der Waals surface area contributed by atoms with E-state index in [-0.39, 0.29) is 17.4 Å². The fraction of sp³-hybridized carbons (Fsp3) is 0.889. The topological polar surface area (TPSA) is 69.6 Å². The highest BCUT2D eigenvalue weighted by Gasteiger charge is 2.40. The van der Waals surface area contributed by atoms with Gasteiger partial charge in [0.05, 0.1) is 12.0 Å². The summed E-state index contributed by atoms with van der Waals surface area (Å²) in [5, 5.41) is 21.2. The van der Waals surface area contributed by atoms with Gasteiger partial charge in [0, 0.05) is 11.2 Å². The van der Waals surface area contributed by atoms with E-state index in [1.165, 1.54) is 0 Å². The third-order valence-corrected chi connectivity index (χ3v) is 4.45. The predicted molar refractivity (Wildman–Crippen MR) is 56.3 cm³/mol. The Kier molecular flexibility index (Phi) is 3.80. The lowest BCUT2D eigenvalue weighted by Crippen LogP contribution is -2.45. The first kappa shape index (κ1) is 11.8. The van der Waals surface area contributed by atoms with Crippen LogP contribution in [0.4, 0.5) is 0 Å². The molecule has 0 saturated carbocycles. The Labute approximate surface area is 88.1 Å². The van der Waals surface area contributed by atoms with Crippen molar-refractivity contribution in [3.63, 3.8) is 0 Å². The van der Waals surface area contributed by atoms with Crippen LogP contribution >= 0.6 is 11.8 Å². The van der Waals surface area contributed by atoms with Gasteiger partial charge in [-0.2, -0.15) is 0 Å². The molecule has 1 heterocycles. The third-order valence-electron chi connectivity index (χ3n) is 2.88. The van der Waals surface area contributed by atoms with Gasteiger partial charge < -0.3 is 10.2 Å². The standard InChI is InChI=1S/C9H17NO3S/c1-3-9(2,5-11)8-10-6(4-14-8)7(12)13/h6,8,10-11H,3-5H2,1-2H3,(H,12,13)/t6-,8?,9?/m0/s1. The highest BCUT2D eigenvalue weighted by atomic mass is 32.2. The highest BCUT2D eigenvalue weighted by molar-refractivity contribution is 8.00. The predicted octanol–water partition coefficient (Wildman–Crippen LogP) is 0.511. The third kappa shape index (κ3) is 2.21. The van der Waals surface area contributed by atoms with Crippen LogP contribution in [-0.2, 0) is 4.79 Å². The molecule has 5 heteroatoms. The molecule has 0 aromatic heterocycles. The van der Waals surface area contributed by atoms with Crippen LogP contribution in [-0.4, -0.2) is 40.0 Å². The van der Waals surface area contributed by atoms with E-state index in [1.807, 2.05) is 13.8 Å². The van der Waals surface area contributed by atoms with Crippen molar-refractivity contribution >= 4 is 17.7 Å². The summed E-state index contributed by atoms with van der Waals surface area (Å²) in [6.45, 7) is 4.06. The van der Waals surface area contributed by atoms with Crippen LogP contribution in [0.2, 0.25) is 0 Å². The van der Waals surface area contributed by atoms with Crippen molar-refractivity contribution in [1.29, 1.82) is 0 Å². The SMILES string of the molecule is CCC(C)(CO)C1N[C@H](C(=O)O)CS1. The van der Waals surface area contributed by atoms with Gasteiger partial charge in [-0.05, 0) is 6.42 Å². The van der Waals surface area contributed by atoms with Crippen LogP contribution in [0.25, 0.3) is 0 Å². The van der Waals surface area contributed by atoms with Gasteiger partial charge in [0.25, 0.3) is 0 Å². The van der Waals surface area contributed by atoms with Crippen LogP contribution in [0.15, 0.2) is 0 Å². The van der Waals surface area contributed by atoms with Gasteiger partial charge in [-0.3, -0.25) is 10.1 Å². The molecular formula is C9H17NO3S. The molecule has 2 unspecified atom stereocenters. The fourth-order valence-corrected chi connectivity index (χ4v) is 2.92. The second-order valence-electron chi connectivity index (χ2n) is 3.94. The second kappa shape index (κ2) is 4.51. The average molecular weight is 219 g/mol. The molecule has 1 saturated heterocycles. The van der Waals surface area contributed by atoms with Crippen LogP contribution in [0.1, 0.15) is 20.3 Å². The van der Waals surface area contributed by atoms with Crippen LogP contribution < -0.4 is 5.32 Å². The first-order chi connectivity index (χ1) is 6.53. The molecule has 1 aliphatic rings. The number of carboxylic acids is 1. The molecule has 0 aliphatic carbocycles. The molecule has 0 aromatic carbocycles. The molecular weight excluding hydrogens is 202 g/mol. The smallest absolute Gasteiger partial charge is 0.321 e. The Morgan fingerprint density at radius 2 is 2.36 bits per heavy atom. The van der Waals surface area contributed by atoms with Gasteiger partial charge in [0.1, 0.15) is 6.04 Å². The number of rotatable bonds is 4. The summed E-state index contributed by atoms with van der Waals surface area (Å²) in [5.41, 5.74) is -0.227. The number of thioether (sulfide) groups is 1. The van der Waals surface area contributed by atoms with Crippen molar-refractivity contribution in [3.8, 4) is 0 Å². The van der Waals surface area contributed by atoms with Crippen LogP contribution in [0.5, 0.6) is 0 Å². The molecule has 14 heavy (non-hydrogen) atoms. The number of nitrogens with one attached hydrogen (secondary N) is 1. The second-order valence-corrected chi connectivity index (χ2v) is 5.07. The molecule has 82 valence electrons. The van der Waals surface area contributed by atoms with Gasteiger partial charge in [0.15, 0.2) is 0 Å². The summed E-state index contributed by atoms with van der Waals surface area (Å²) < 4.78 is 0. The summed E-state index contributed by atoms with van der Waals surface area (Å²) in [5.74, 6) is -0.230. The number of carbonyl (C=O) groups is 1. The summed E-state index contributed by atoms with van der Waals surface area (Å²) in [4.78, 5) is 10.7. The van der Waals surface area contributed by atoms with Crippen molar-refractivity contribution in [2.24, 2.45) is 5.41 Å². The van der Waals surface area contributed by atoms with E-state index in [0.29, 0.717) is 5.75 Å². The van der Waals surface area contributed by atoms with Crippen molar-refractivity contribution in [2.45, 2.75) is 31.7 Å². The van der Waals surface area contributed by atoms with E-state index < -0.39 is 12.0 Å². The maximum Gasteiger partial charge on any atom is 0.321 e. The Hall–Kier alpha value is -0.260. The Balaban J connectivity index is 2.60. The van der Waals surface area contributed by atoms with Crippen molar-refractivity contribution in [3.05, 3.63) is 0 Å². The normalized spacial score (nSPS) is 31.4. The van der Waals surface area contributed by atoms with Gasteiger partial charge in [-0.1, -0.05) is 13.8 Å². The van der Waals surface area contributed by atoms with E-state index in [0.717, 1.165) is 6.42 Å². The first-order valence-corrected chi connectivity index (χ1v) is 5.79. The molecule has 1 fully saturated rings. The maximum absolute atomic E-state index is 10.7. The minimum absolute atomic E-state index is 0.0404. The van der Waals surface area contributed by atoms with Gasteiger partial charge in [0.2, 0.25) is 0 Å². The van der Waals surface area contributed by atoms with E-state index in [2.05, 4.69) is 5.32 Å². The lowest BCUT2D eigenvalue weighted by molar-refractivity contribution is -0.138. The van der Waals surface area contributed by atoms with Crippen molar-refractivity contribution in [1.82, 2.24) is 5.32 Å². The minimum Gasteiger partial charge on any atom is -0.480 e. The average Bonchev–Trinajstić information content (AvgIpc) is 2.66. The molecule has 4 nitrogen and oxygen atoms in total. The van der Waals surface area contributed by atoms with E-state index in [4.69, 9.17) is 5.11 Å². The zero-order valence-corrected chi connectivity index (χ0v) is 9.30. The highest BCUT2D eigenvalue weighted by Crippen LogP contribution is 2.36. The molecule has 1 aliphatic heterocycles. The number of aliphatic hydroxyl groups excluding tert-OH is 1. The Morgan fingerprint density at radius 1 is 1.71 bits per heavy atom. The van der Waals surface area contributed by atoms with Gasteiger partial charge >= 0.3 is 5.97 Å². The van der Waals surface area contributed by atoms with E-state index in [9.17, 15) is 9.90 Å². The number of hydrogen-bond donors (Lipinski definition) is 3. The monoisotopic (exact) mass is 219 g/mol. The van der Waals surface area contributed by atoms with Crippen molar-refractivity contribution < 1.29 is 15.0 Å². The maximum atomic E-state index is 10.7. The van der Waals surface area contributed by atoms with Crippen LogP contribution in [0.3, 0.4) is 0 Å². The zero-order chi connectivity index (χ0) is 10.8. The number of hydrogen-bond acceptors (Lipinski definition) is 4. The molecule has 0 bridgehead atoms. The van der Waals surface area contributed by atoms with Gasteiger partial charge in [-0.25, -0.2) is 0 Å². The summed E-state index contributed by atoms with van der Waals surface area (Å²) in [7, 11) is 0. The zero-order valence-electron chi connectivity index (χ0n) is 8.49. The quantitative estimate of drug-likeness (QED) is 0.643. The molecule has 3 atom stereocenters. The molecule has 0 aromatic rings. The van der Waals surface area contributed by atoms with E-state index >= 15 is 0 Å². The Morgan fingerprint density at radius 3 is 2.71 bits per heavy atom. The molecule has 0 spiro atoms. The Bertz CT molecular complexity index is 218. The largest absolute Gasteiger partial charge is 0.480 e. The lowest BCUT2D eigenvalue weighted by atomic mass is 9.88. The fourth-order valence-electron chi connectivity index (χ4n) is 1.40. The molecule has 1 rings (SSSR count). The number of carboxylic acid groups (broad SMARTS) is 1. The lowest BCUT2D eigenvalue weighted by Gasteiger charge is -2.32. The number of aliphatic carboxylic acids is 1. The summed E-state index contributed by atoms with van der Waals surface area (Å²) >= 11 is 1.58. The summed E-state index contributed by atoms with van der Waals surface area (Å²) in [6, 6.07) is -0.470. The van der Waals surface area contributed by atoms with E-state index in [1.54, 1.807) is 11.8 Å². The van der Waals surface area contributed by atoms with Crippen LogP contribution in [0, 0.1) is 5.41 Å². The molecule has 0 radical (unpaired) electrons. The first-order valence-electron chi connectivity index (χ1n) is 4.75. The van der Waals surface area contributed by atoms with Gasteiger partial charge in [-0.15, -0.1) is 11.8 Å². The number of aliphatic hydroxyl groups is 1. The summed E-state index contributed by atoms with van der Waals surface area (Å²) in [6.07, 6.45) is 0.834.